The van der Waals surface area contributed by atoms with Crippen molar-refractivity contribution in [3.05, 3.63) is 0 Å². The quantitative estimate of drug-likeness (QED) is 0.254. The summed E-state index contributed by atoms with van der Waals surface area (Å²) in [6.45, 7) is 4.68. The molecule has 1 aliphatic carbocycles. The number of halogens is 1. The van der Waals surface area contributed by atoms with Gasteiger partial charge in [-0.3, -0.25) is 20.2 Å². The van der Waals surface area contributed by atoms with Gasteiger partial charge in [0.15, 0.2) is 0 Å². The fourth-order valence-electron chi connectivity index (χ4n) is 7.09. The van der Waals surface area contributed by atoms with E-state index in [9.17, 15) is 14.7 Å². The molecule has 5 rings (SSSR count). The van der Waals surface area contributed by atoms with Crippen molar-refractivity contribution >= 4 is 35.2 Å². The smallest absolute Gasteiger partial charge is 0.226 e. The first-order valence-corrected chi connectivity index (χ1v) is 15.0. The number of carbonyl (C=O) groups is 2. The van der Waals surface area contributed by atoms with Crippen molar-refractivity contribution in [3.8, 4) is 0 Å². The predicted molar refractivity (Wildman–Crippen MR) is 140 cm³/mol. The number of aliphatic hydroxyl groups is 1. The molecule has 5 fully saturated rings. The Balaban J connectivity index is 1.18. The average molecular weight is 544 g/mol. The van der Waals surface area contributed by atoms with Crippen LogP contribution in [0, 0.1) is 23.7 Å². The van der Waals surface area contributed by atoms with Gasteiger partial charge in [0, 0.05) is 56.5 Å². The number of amides is 2. The van der Waals surface area contributed by atoms with Crippen LogP contribution in [0.15, 0.2) is 0 Å². The molecule has 0 spiro atoms. The second-order valence-corrected chi connectivity index (χ2v) is 13.3. The molecule has 204 valence electrons. The predicted octanol–water partition coefficient (Wildman–Crippen LogP) is 0.657. The summed E-state index contributed by atoms with van der Waals surface area (Å²) in [5.41, 5.74) is -0.230. The molecule has 5 aliphatic rings. The third kappa shape index (κ3) is 5.84. The van der Waals surface area contributed by atoms with E-state index in [1.807, 2.05) is 4.90 Å². The molecule has 9 nitrogen and oxygen atoms in total. The van der Waals surface area contributed by atoms with Gasteiger partial charge in [-0.2, -0.15) is 0 Å². The maximum Gasteiger partial charge on any atom is 0.226 e. The lowest BCUT2D eigenvalue weighted by Gasteiger charge is -2.45. The van der Waals surface area contributed by atoms with Gasteiger partial charge in [0.1, 0.15) is 5.50 Å². The van der Waals surface area contributed by atoms with Crippen LogP contribution in [0.5, 0.6) is 0 Å². The van der Waals surface area contributed by atoms with Crippen LogP contribution in [-0.2, 0) is 14.3 Å². The summed E-state index contributed by atoms with van der Waals surface area (Å²) in [4.78, 5) is 28.4. The van der Waals surface area contributed by atoms with Crippen LogP contribution in [0.25, 0.3) is 0 Å². The van der Waals surface area contributed by atoms with E-state index >= 15 is 0 Å². The molecule has 4 heterocycles. The Morgan fingerprint density at radius 3 is 2.69 bits per heavy atom. The average Bonchev–Trinajstić information content (AvgIpc) is 3.48. The molecule has 0 bridgehead atoms. The van der Waals surface area contributed by atoms with Gasteiger partial charge in [0.2, 0.25) is 11.8 Å². The highest BCUT2D eigenvalue weighted by Crippen LogP contribution is 2.41. The van der Waals surface area contributed by atoms with E-state index < -0.39 is 0 Å². The molecule has 1 saturated carbocycles. The minimum Gasteiger partial charge on any atom is -0.391 e. The first kappa shape index (κ1) is 27.0. The molecule has 0 aromatic heterocycles. The van der Waals surface area contributed by atoms with Gasteiger partial charge >= 0.3 is 0 Å². The zero-order valence-electron chi connectivity index (χ0n) is 21.3. The SMILES string of the molecule is COC1CNC(Cl)CC1C1CC(C)NCC1C(=O)NC1NC2CC[C@@H](C(=O)N3CC[C@H](O)C3)CC2S1. The van der Waals surface area contributed by atoms with E-state index in [-0.39, 0.29) is 58.7 Å². The summed E-state index contributed by atoms with van der Waals surface area (Å²) < 4.78 is 5.80. The Bertz CT molecular complexity index is 810. The number of ether oxygens (including phenoxy) is 1. The Kier molecular flexibility index (Phi) is 8.72. The summed E-state index contributed by atoms with van der Waals surface area (Å²) in [6.07, 6.45) is 4.70. The van der Waals surface area contributed by atoms with Crippen molar-refractivity contribution in [2.24, 2.45) is 23.7 Å². The molecule has 36 heavy (non-hydrogen) atoms. The summed E-state index contributed by atoms with van der Waals surface area (Å²) in [5, 5.41) is 23.8. The van der Waals surface area contributed by atoms with Crippen LogP contribution in [-0.4, -0.2) is 95.7 Å². The summed E-state index contributed by atoms with van der Waals surface area (Å²) in [6, 6.07) is 0.668. The van der Waals surface area contributed by atoms with E-state index in [1.54, 1.807) is 18.9 Å². The molecule has 4 saturated heterocycles. The largest absolute Gasteiger partial charge is 0.391 e. The first-order valence-electron chi connectivity index (χ1n) is 13.6. The molecule has 0 aromatic carbocycles. The van der Waals surface area contributed by atoms with Crippen molar-refractivity contribution in [2.45, 2.75) is 86.0 Å². The molecule has 4 aliphatic heterocycles. The number of rotatable bonds is 5. The van der Waals surface area contributed by atoms with Gasteiger partial charge in [-0.15, -0.1) is 23.4 Å². The Labute approximate surface area is 223 Å². The number of hydrogen-bond acceptors (Lipinski definition) is 8. The lowest BCUT2D eigenvalue weighted by Crippen LogP contribution is -2.57. The highest BCUT2D eigenvalue weighted by atomic mass is 35.5. The molecule has 9 unspecified atom stereocenters. The number of likely N-dealkylation sites (tertiary alicyclic amines) is 1. The van der Waals surface area contributed by atoms with E-state index in [0.717, 1.165) is 32.1 Å². The number of methoxy groups -OCH3 is 1. The Morgan fingerprint density at radius 1 is 1.11 bits per heavy atom. The van der Waals surface area contributed by atoms with Gasteiger partial charge in [-0.25, -0.2) is 0 Å². The topological polar surface area (TPSA) is 115 Å². The molecular formula is C25H42ClN5O4S. The standard InChI is InChI=1S/C25H42ClN5O4S/c1-13-7-16(17-9-22(26)28-11-20(17)35-2)18(10-27-13)23(33)30-25-29-19-4-3-14(8-21(19)36-25)24(34)31-6-5-15(32)12-31/h13-22,25,27-29,32H,3-12H2,1-2H3,(H,30,33)/t13?,14-,15+,16?,17?,18?,19?,20?,21?,22?,25?/m1/s1. The van der Waals surface area contributed by atoms with Gasteiger partial charge < -0.3 is 25.4 Å². The van der Waals surface area contributed by atoms with Crippen LogP contribution in [0.4, 0.5) is 0 Å². The number of alkyl halides is 1. The fourth-order valence-corrected chi connectivity index (χ4v) is 8.92. The van der Waals surface area contributed by atoms with Crippen molar-refractivity contribution in [3.63, 3.8) is 0 Å². The van der Waals surface area contributed by atoms with Gasteiger partial charge in [0.05, 0.1) is 23.6 Å². The Morgan fingerprint density at radius 2 is 1.94 bits per heavy atom. The minimum atomic E-state index is -0.382. The maximum atomic E-state index is 13.6. The molecule has 11 heteroatoms. The van der Waals surface area contributed by atoms with Crippen LogP contribution in [0.2, 0.25) is 0 Å². The van der Waals surface area contributed by atoms with Gasteiger partial charge in [0.25, 0.3) is 0 Å². The summed E-state index contributed by atoms with van der Waals surface area (Å²) >= 11 is 8.23. The monoisotopic (exact) mass is 543 g/mol. The highest BCUT2D eigenvalue weighted by Gasteiger charge is 2.46. The van der Waals surface area contributed by atoms with E-state index in [4.69, 9.17) is 16.3 Å². The third-order valence-corrected chi connectivity index (χ3v) is 10.8. The molecule has 11 atom stereocenters. The number of piperidine rings is 2. The minimum absolute atomic E-state index is 0.0168. The van der Waals surface area contributed by atoms with Crippen LogP contribution in [0.1, 0.15) is 45.4 Å². The summed E-state index contributed by atoms with van der Waals surface area (Å²) in [7, 11) is 1.75. The third-order valence-electron chi connectivity index (χ3n) is 9.08. The number of carbonyl (C=O) groups excluding carboxylic acids is 2. The molecular weight excluding hydrogens is 502 g/mol. The summed E-state index contributed by atoms with van der Waals surface area (Å²) in [5.74, 6) is 0.606. The van der Waals surface area contributed by atoms with E-state index in [2.05, 4.69) is 28.2 Å². The number of β-amino-alcohol motifs (C(OH)–C–C–N with tert-alkyl or cyclic N) is 1. The number of fused-ring (bicyclic) bond motifs is 1. The molecule has 0 aromatic rings. The molecule has 0 radical (unpaired) electrons. The number of nitrogens with zero attached hydrogens (tertiary/aromatic N) is 1. The van der Waals surface area contributed by atoms with Crippen molar-refractivity contribution in [2.75, 3.05) is 33.3 Å². The molecule has 5 N–H and O–H groups in total. The first-order chi connectivity index (χ1) is 17.3. The zero-order chi connectivity index (χ0) is 25.4. The molecule has 2 amide bonds. The number of aliphatic hydroxyl groups excluding tert-OH is 1. The maximum absolute atomic E-state index is 13.6. The van der Waals surface area contributed by atoms with Crippen LogP contribution >= 0.6 is 23.4 Å². The van der Waals surface area contributed by atoms with Gasteiger partial charge in [-0.1, -0.05) is 0 Å². The van der Waals surface area contributed by atoms with Gasteiger partial charge in [-0.05, 0) is 57.3 Å². The lowest BCUT2D eigenvalue weighted by molar-refractivity contribution is -0.135. The number of hydrogen-bond donors (Lipinski definition) is 5. The van der Waals surface area contributed by atoms with Crippen molar-refractivity contribution in [1.82, 2.24) is 26.2 Å². The lowest BCUT2D eigenvalue weighted by atomic mass is 9.70. The zero-order valence-corrected chi connectivity index (χ0v) is 22.9. The normalized spacial score (nSPS) is 45.3. The van der Waals surface area contributed by atoms with Crippen molar-refractivity contribution < 1.29 is 19.4 Å². The Hall–Kier alpha value is -0.620. The number of thioether (sulfide) groups is 1. The van der Waals surface area contributed by atoms with Crippen LogP contribution < -0.4 is 21.3 Å². The number of nitrogens with one attached hydrogen (secondary N) is 4. The highest BCUT2D eigenvalue weighted by molar-refractivity contribution is 8.00. The van der Waals surface area contributed by atoms with Crippen LogP contribution in [0.3, 0.4) is 0 Å². The van der Waals surface area contributed by atoms with E-state index in [1.165, 1.54) is 0 Å². The van der Waals surface area contributed by atoms with E-state index in [0.29, 0.717) is 49.9 Å². The fraction of sp³-hybridized carbons (Fsp3) is 0.920. The second kappa shape index (κ2) is 11.6. The second-order valence-electron chi connectivity index (χ2n) is 11.4. The van der Waals surface area contributed by atoms with Crippen molar-refractivity contribution in [1.29, 1.82) is 0 Å².